The minimum absolute atomic E-state index is 0.203. The molecule has 172 valence electrons. The highest BCUT2D eigenvalue weighted by molar-refractivity contribution is 6.05. The summed E-state index contributed by atoms with van der Waals surface area (Å²) in [4.78, 5) is 30.6. The highest BCUT2D eigenvalue weighted by Gasteiger charge is 2.17. The molecule has 3 aromatic carbocycles. The third-order valence-electron chi connectivity index (χ3n) is 5.45. The molecule has 2 heterocycles. The van der Waals surface area contributed by atoms with E-state index >= 15 is 0 Å². The third-order valence-corrected chi connectivity index (χ3v) is 5.45. The summed E-state index contributed by atoms with van der Waals surface area (Å²) in [5.41, 5.74) is 3.38. The van der Waals surface area contributed by atoms with Crippen molar-refractivity contribution in [3.05, 3.63) is 119 Å². The topological polar surface area (TPSA) is 88.1 Å². The number of amides is 2. The van der Waals surface area contributed by atoms with E-state index < -0.39 is 6.03 Å². The van der Waals surface area contributed by atoms with Gasteiger partial charge < -0.3 is 10.6 Å². The maximum absolute atomic E-state index is 13.4. The zero-order valence-electron chi connectivity index (χ0n) is 19.0. The molecule has 0 aliphatic rings. The fraction of sp³-hybridized carbons (Fsp3) is 0.0357. The first-order chi connectivity index (χ1) is 17.1. The van der Waals surface area contributed by atoms with E-state index in [1.807, 2.05) is 96.4 Å². The number of fused-ring (bicyclic) bond motifs is 1. The van der Waals surface area contributed by atoms with Gasteiger partial charge in [0.05, 0.1) is 10.9 Å². The lowest BCUT2D eigenvalue weighted by molar-refractivity contribution is 0.262. The van der Waals surface area contributed by atoms with Crippen LogP contribution in [0.15, 0.2) is 108 Å². The van der Waals surface area contributed by atoms with Crippen LogP contribution in [-0.4, -0.2) is 15.6 Å². The van der Waals surface area contributed by atoms with Gasteiger partial charge in [-0.05, 0) is 49.4 Å². The number of aromatic nitrogens is 2. The first-order valence-corrected chi connectivity index (χ1v) is 11.2. The summed E-state index contributed by atoms with van der Waals surface area (Å²) in [5, 5.41) is 9.22. The Hall–Kier alpha value is -4.91. The predicted molar refractivity (Wildman–Crippen MR) is 141 cm³/mol. The minimum atomic E-state index is -0.479. The number of carbonyl (C=O) groups is 1. The van der Waals surface area contributed by atoms with Crippen LogP contribution in [0.2, 0.25) is 0 Å². The van der Waals surface area contributed by atoms with E-state index in [0.29, 0.717) is 28.1 Å². The molecule has 5 rings (SSSR count). The Kier molecular flexibility index (Phi) is 5.96. The molecule has 0 aliphatic heterocycles. The zero-order chi connectivity index (χ0) is 24.2. The lowest BCUT2D eigenvalue weighted by Gasteiger charge is -2.20. The minimum Gasteiger partial charge on any atom is -0.341 e. The number of pyridine rings is 2. The standard InChI is InChI=1S/C28H23N5O2/c1-19-17-23-26(27(29-19)32-28(35)31-21-13-7-3-8-14-21)24(34)18-25(30-20-11-5-2-6-12-20)33(23)22-15-9-4-10-16-22/h2-18,30H,1H3,(H2,29,31,32,35). The monoisotopic (exact) mass is 461 g/mol. The molecule has 7 heteroatoms. The van der Waals surface area contributed by atoms with Crippen LogP contribution in [-0.2, 0) is 0 Å². The van der Waals surface area contributed by atoms with Gasteiger partial charge in [0.25, 0.3) is 0 Å². The average Bonchev–Trinajstić information content (AvgIpc) is 2.85. The molecule has 3 N–H and O–H groups in total. The van der Waals surface area contributed by atoms with Crippen LogP contribution in [0.3, 0.4) is 0 Å². The second kappa shape index (κ2) is 9.52. The second-order valence-corrected chi connectivity index (χ2v) is 8.01. The summed E-state index contributed by atoms with van der Waals surface area (Å²) < 4.78 is 1.96. The molecule has 5 aromatic rings. The van der Waals surface area contributed by atoms with Crippen molar-refractivity contribution >= 4 is 39.9 Å². The van der Waals surface area contributed by atoms with Crippen LogP contribution < -0.4 is 21.4 Å². The van der Waals surface area contributed by atoms with E-state index in [2.05, 4.69) is 20.9 Å². The van der Waals surface area contributed by atoms with Gasteiger partial charge in [-0.25, -0.2) is 9.78 Å². The second-order valence-electron chi connectivity index (χ2n) is 8.01. The molecule has 2 aromatic heterocycles. The summed E-state index contributed by atoms with van der Waals surface area (Å²) in [7, 11) is 0. The number of nitrogens with one attached hydrogen (secondary N) is 3. The van der Waals surface area contributed by atoms with Crippen LogP contribution >= 0.6 is 0 Å². The van der Waals surface area contributed by atoms with E-state index in [1.54, 1.807) is 12.1 Å². The Balaban J connectivity index is 1.66. The highest BCUT2D eigenvalue weighted by atomic mass is 16.2. The van der Waals surface area contributed by atoms with Crippen LogP contribution in [0.25, 0.3) is 16.6 Å². The van der Waals surface area contributed by atoms with Gasteiger partial charge in [-0.1, -0.05) is 54.6 Å². The lowest BCUT2D eigenvalue weighted by atomic mass is 10.1. The first kappa shape index (κ1) is 21.9. The van der Waals surface area contributed by atoms with Gasteiger partial charge in [0.2, 0.25) is 0 Å². The normalized spacial score (nSPS) is 10.7. The molecule has 0 radical (unpaired) electrons. The van der Waals surface area contributed by atoms with Crippen molar-refractivity contribution in [1.29, 1.82) is 0 Å². The number of rotatable bonds is 5. The molecule has 0 saturated carbocycles. The van der Waals surface area contributed by atoms with E-state index in [9.17, 15) is 9.59 Å². The summed E-state index contributed by atoms with van der Waals surface area (Å²) >= 11 is 0. The van der Waals surface area contributed by atoms with Gasteiger partial charge in [-0.3, -0.25) is 14.7 Å². The molecular weight excluding hydrogens is 438 g/mol. The summed E-state index contributed by atoms with van der Waals surface area (Å²) in [5.74, 6) is 0.805. The zero-order valence-corrected chi connectivity index (χ0v) is 19.0. The fourth-order valence-corrected chi connectivity index (χ4v) is 3.96. The molecule has 35 heavy (non-hydrogen) atoms. The summed E-state index contributed by atoms with van der Waals surface area (Å²) in [6.07, 6.45) is 0. The maximum Gasteiger partial charge on any atom is 0.324 e. The van der Waals surface area contributed by atoms with Gasteiger partial charge in [0.15, 0.2) is 5.43 Å². The van der Waals surface area contributed by atoms with E-state index in [-0.39, 0.29) is 11.2 Å². The van der Waals surface area contributed by atoms with Gasteiger partial charge in [-0.2, -0.15) is 0 Å². The molecular formula is C28H23N5O2. The fourth-order valence-electron chi connectivity index (χ4n) is 3.96. The summed E-state index contributed by atoms with van der Waals surface area (Å²) in [6.45, 7) is 1.83. The number of urea groups is 1. The molecule has 0 spiro atoms. The Morgan fingerprint density at radius 1 is 0.771 bits per heavy atom. The molecule has 0 aliphatic carbocycles. The maximum atomic E-state index is 13.4. The van der Waals surface area contributed by atoms with E-state index in [0.717, 1.165) is 11.4 Å². The highest BCUT2D eigenvalue weighted by Crippen LogP contribution is 2.28. The van der Waals surface area contributed by atoms with Crippen molar-refractivity contribution in [2.45, 2.75) is 6.92 Å². The van der Waals surface area contributed by atoms with Crippen LogP contribution in [0, 0.1) is 6.92 Å². The Bertz CT molecular complexity index is 1550. The average molecular weight is 462 g/mol. The molecule has 0 atom stereocenters. The van der Waals surface area contributed by atoms with Crippen molar-refractivity contribution in [2.24, 2.45) is 0 Å². The van der Waals surface area contributed by atoms with Gasteiger partial charge in [0, 0.05) is 28.8 Å². The first-order valence-electron chi connectivity index (χ1n) is 11.2. The van der Waals surface area contributed by atoms with Gasteiger partial charge in [-0.15, -0.1) is 0 Å². The number of carbonyl (C=O) groups excluding carboxylic acids is 1. The smallest absolute Gasteiger partial charge is 0.324 e. The molecule has 0 saturated heterocycles. The van der Waals surface area contributed by atoms with Gasteiger partial charge in [0.1, 0.15) is 11.6 Å². The van der Waals surface area contributed by atoms with Crippen molar-refractivity contribution in [2.75, 3.05) is 16.0 Å². The van der Waals surface area contributed by atoms with Crippen LogP contribution in [0.5, 0.6) is 0 Å². The quantitative estimate of drug-likeness (QED) is 0.296. The van der Waals surface area contributed by atoms with Crippen molar-refractivity contribution < 1.29 is 4.79 Å². The molecule has 0 unspecified atom stereocenters. The number of benzene rings is 3. The molecule has 0 fully saturated rings. The number of nitrogens with zero attached hydrogens (tertiary/aromatic N) is 2. The Morgan fingerprint density at radius 2 is 1.37 bits per heavy atom. The van der Waals surface area contributed by atoms with Crippen molar-refractivity contribution in [1.82, 2.24) is 9.55 Å². The van der Waals surface area contributed by atoms with Crippen molar-refractivity contribution in [3.8, 4) is 5.69 Å². The Labute approximate surface area is 202 Å². The Morgan fingerprint density at radius 3 is 2.03 bits per heavy atom. The van der Waals surface area contributed by atoms with Crippen LogP contribution in [0.4, 0.5) is 27.8 Å². The molecule has 7 nitrogen and oxygen atoms in total. The van der Waals surface area contributed by atoms with E-state index in [4.69, 9.17) is 0 Å². The number of para-hydroxylation sites is 3. The predicted octanol–water partition coefficient (Wildman–Crippen LogP) is 6.08. The lowest BCUT2D eigenvalue weighted by Crippen LogP contribution is -2.22. The largest absolute Gasteiger partial charge is 0.341 e. The molecule has 0 bridgehead atoms. The number of anilines is 4. The molecule has 2 amide bonds. The number of hydrogen-bond donors (Lipinski definition) is 3. The SMILES string of the molecule is Cc1cc2c(c(NC(=O)Nc3ccccc3)n1)c(=O)cc(Nc1ccccc1)n2-c1ccccc1. The van der Waals surface area contributed by atoms with Crippen LogP contribution in [0.1, 0.15) is 5.69 Å². The van der Waals surface area contributed by atoms with Crippen molar-refractivity contribution in [3.63, 3.8) is 0 Å². The third kappa shape index (κ3) is 4.74. The number of hydrogen-bond acceptors (Lipinski definition) is 4. The van der Waals surface area contributed by atoms with E-state index in [1.165, 1.54) is 6.07 Å². The summed E-state index contributed by atoms with van der Waals surface area (Å²) in [6, 6.07) is 31.4. The number of aryl methyl sites for hydroxylation is 1. The van der Waals surface area contributed by atoms with Gasteiger partial charge >= 0.3 is 6.03 Å².